The second-order valence-corrected chi connectivity index (χ2v) is 14.3. The molecule has 38 heavy (non-hydrogen) atoms. The summed E-state index contributed by atoms with van der Waals surface area (Å²) < 4.78 is 0. The van der Waals surface area contributed by atoms with Gasteiger partial charge in [0.05, 0.1) is 6.16 Å². The third-order valence-corrected chi connectivity index (χ3v) is 12.7. The molecule has 0 heterocycles. The van der Waals surface area contributed by atoms with Crippen molar-refractivity contribution in [2.75, 3.05) is 19.3 Å². The minimum absolute atomic E-state index is 0. The van der Waals surface area contributed by atoms with Gasteiger partial charge in [-0.05, 0) is 87.5 Å². The van der Waals surface area contributed by atoms with Crippen molar-refractivity contribution >= 4 is 47.2 Å². The maximum absolute atomic E-state index is 3.71. The monoisotopic (exact) mass is 755 g/mol. The first-order valence-corrected chi connectivity index (χ1v) is 16.6. The van der Waals surface area contributed by atoms with Crippen LogP contribution in [0.4, 0.5) is 0 Å². The van der Waals surface area contributed by atoms with Gasteiger partial charge in [0.25, 0.3) is 0 Å². The van der Waals surface area contributed by atoms with E-state index in [9.17, 15) is 0 Å². The van der Waals surface area contributed by atoms with Crippen molar-refractivity contribution in [3.05, 3.63) is 91.0 Å². The molecule has 0 atom stereocenters. The van der Waals surface area contributed by atoms with Crippen LogP contribution < -0.4 is 45.2 Å². The van der Waals surface area contributed by atoms with E-state index in [1.54, 1.807) is 0 Å². The van der Waals surface area contributed by atoms with Gasteiger partial charge < -0.3 is 29.3 Å². The van der Waals surface area contributed by atoms with E-state index in [0.29, 0.717) is 0 Å². The Balaban J connectivity index is 0.00000253. The van der Waals surface area contributed by atoms with Crippen LogP contribution in [-0.2, 0) is 0 Å². The summed E-state index contributed by atoms with van der Waals surface area (Å²) in [5.41, 5.74) is 0. The fraction of sp³-hybridized carbons (Fsp3) is 0.471. The quantitative estimate of drug-likeness (QED) is 0.123. The predicted molar refractivity (Wildman–Crippen MR) is 177 cm³/mol. The average Bonchev–Trinajstić information content (AvgIpc) is 2.96. The highest BCUT2D eigenvalue weighted by atomic mass is 127. The summed E-state index contributed by atoms with van der Waals surface area (Å²) >= 11 is 0. The van der Waals surface area contributed by atoms with Crippen molar-refractivity contribution < 1.29 is 24.0 Å². The Morgan fingerprint density at radius 3 is 1.53 bits per heavy atom. The first kappa shape index (κ1) is 33.7. The van der Waals surface area contributed by atoms with Gasteiger partial charge in [0.2, 0.25) is 0 Å². The molecular weight excluding hydrogens is 707 g/mol. The van der Waals surface area contributed by atoms with E-state index in [1.165, 1.54) is 112 Å². The molecule has 1 aliphatic rings. The molecule has 1 aliphatic carbocycles. The van der Waals surface area contributed by atoms with Crippen molar-refractivity contribution in [3.63, 3.8) is 0 Å². The van der Waals surface area contributed by atoms with E-state index in [2.05, 4.69) is 96.3 Å². The fourth-order valence-corrected chi connectivity index (χ4v) is 10.5. The van der Waals surface area contributed by atoms with Crippen molar-refractivity contribution in [3.8, 4) is 0 Å². The number of unbranched alkanes of at least 4 members (excludes halogenated alkanes) is 4. The highest BCUT2D eigenvalue weighted by Gasteiger charge is 2.44. The smallest absolute Gasteiger partial charge is 0.112 e. The lowest BCUT2D eigenvalue weighted by atomic mass is 9.86. The number of hydrogen-bond donors (Lipinski definition) is 1. The van der Waals surface area contributed by atoms with E-state index in [1.807, 2.05) is 0 Å². The van der Waals surface area contributed by atoms with Crippen LogP contribution in [0.1, 0.15) is 77.0 Å². The predicted octanol–water partition coefficient (Wildman–Crippen LogP) is 5.50. The van der Waals surface area contributed by atoms with E-state index in [4.69, 9.17) is 0 Å². The summed E-state index contributed by atoms with van der Waals surface area (Å²) in [6, 6.07) is 34.0. The number of halogens is 2. The Labute approximate surface area is 267 Å². The molecule has 0 saturated heterocycles. The normalized spacial score (nSPS) is 13.9. The molecule has 0 bridgehead atoms. The Morgan fingerprint density at radius 1 is 0.553 bits per heavy atom. The lowest BCUT2D eigenvalue weighted by Gasteiger charge is -2.27. The summed E-state index contributed by atoms with van der Waals surface area (Å²) in [5, 5.41) is 8.25. The van der Waals surface area contributed by atoms with Crippen molar-refractivity contribution in [2.45, 2.75) is 77.0 Å². The van der Waals surface area contributed by atoms with Gasteiger partial charge in [-0.3, -0.25) is 0 Å². The van der Waals surface area contributed by atoms with Crippen LogP contribution in [0.25, 0.3) is 0 Å². The van der Waals surface area contributed by atoms with E-state index >= 15 is 0 Å². The summed E-state index contributed by atoms with van der Waals surface area (Å²) in [5.74, 6) is 1.03. The molecule has 1 nitrogen and oxygen atoms in total. The minimum Gasteiger partial charge on any atom is -1.00 e. The van der Waals surface area contributed by atoms with Crippen LogP contribution in [0.2, 0.25) is 0 Å². The van der Waals surface area contributed by atoms with Crippen LogP contribution >= 0.6 is 31.2 Å². The molecule has 4 heteroatoms. The van der Waals surface area contributed by atoms with Crippen molar-refractivity contribution in [2.24, 2.45) is 5.92 Å². The molecule has 0 aromatic heterocycles. The zero-order valence-corrected chi connectivity index (χ0v) is 28.5. The average molecular weight is 756 g/mol. The van der Waals surface area contributed by atoms with Gasteiger partial charge in [-0.2, -0.15) is 0 Å². The van der Waals surface area contributed by atoms with Gasteiger partial charge in [0, 0.05) is 0 Å². The fourth-order valence-electron chi connectivity index (χ4n) is 6.13. The van der Waals surface area contributed by atoms with Crippen LogP contribution in [0.15, 0.2) is 91.0 Å². The molecule has 0 unspecified atom stereocenters. The Kier molecular flexibility index (Phi) is 17.4. The molecule has 3 aromatic rings. The van der Waals surface area contributed by atoms with Gasteiger partial charge in [-0.25, -0.2) is 0 Å². The summed E-state index contributed by atoms with van der Waals surface area (Å²) in [6.45, 7) is 2.41. The molecule has 1 saturated carbocycles. The first-order valence-electron chi connectivity index (χ1n) is 14.7. The number of benzene rings is 3. The number of rotatable bonds is 15. The van der Waals surface area contributed by atoms with Gasteiger partial charge in [0.15, 0.2) is 0 Å². The molecule has 1 fully saturated rings. The summed E-state index contributed by atoms with van der Waals surface area (Å²) in [7, 11) is -1.65. The molecule has 0 radical (unpaired) electrons. The maximum Gasteiger partial charge on any atom is 0.112 e. The second kappa shape index (κ2) is 19.6. The third-order valence-electron chi connectivity index (χ3n) is 8.13. The Hall–Kier alpha value is -0.490. The summed E-state index contributed by atoms with van der Waals surface area (Å²) in [6.07, 6.45) is 18.1. The number of nitrogens with one attached hydrogen (secondary N) is 1. The van der Waals surface area contributed by atoms with Crippen LogP contribution in [0.3, 0.4) is 0 Å². The lowest BCUT2D eigenvalue weighted by Crippen LogP contribution is -3.00. The van der Waals surface area contributed by atoms with Crippen LogP contribution in [-0.4, -0.2) is 19.3 Å². The third kappa shape index (κ3) is 10.2. The van der Waals surface area contributed by atoms with E-state index < -0.39 is 7.26 Å². The zero-order chi connectivity index (χ0) is 24.7. The molecule has 0 spiro atoms. The molecule has 4 rings (SSSR count). The maximum atomic E-state index is 3.71. The Morgan fingerprint density at radius 2 is 1.00 bits per heavy atom. The van der Waals surface area contributed by atoms with E-state index in [-0.39, 0.29) is 48.0 Å². The zero-order valence-electron chi connectivity index (χ0n) is 23.1. The van der Waals surface area contributed by atoms with Crippen molar-refractivity contribution in [1.29, 1.82) is 0 Å². The molecule has 0 aliphatic heterocycles. The van der Waals surface area contributed by atoms with Gasteiger partial charge in [0.1, 0.15) is 23.2 Å². The molecule has 0 amide bonds. The van der Waals surface area contributed by atoms with Gasteiger partial charge >= 0.3 is 0 Å². The standard InChI is InChI=1S/C34H47NP.2HI/c1(2-16-28-35-29-18-21-31-19-8-4-9-20-31)3-17-30-36(32-22-10-5-11-23-32,33-24-12-6-13-25-33)34-26-14-7-15-27-34;;/h5-7,10-15,22-27,31,35H,1-4,8-9,16-21,28-30H2;2*1H/q+1;;/p-1. The minimum atomic E-state index is -1.65. The highest BCUT2D eigenvalue weighted by molar-refractivity contribution is 14.0. The SMILES string of the molecule is I.[I-].c1ccc([P+](CCCCCCCNCCCC2CCCCC2)(c2ccccc2)c2ccccc2)cc1. The van der Waals surface area contributed by atoms with Gasteiger partial charge in [-0.15, -0.1) is 24.0 Å². The van der Waals surface area contributed by atoms with Gasteiger partial charge in [-0.1, -0.05) is 99.5 Å². The van der Waals surface area contributed by atoms with Crippen molar-refractivity contribution in [1.82, 2.24) is 5.32 Å². The number of hydrogen-bond acceptors (Lipinski definition) is 1. The van der Waals surface area contributed by atoms with Crippen LogP contribution in [0.5, 0.6) is 0 Å². The largest absolute Gasteiger partial charge is 1.00 e. The summed E-state index contributed by atoms with van der Waals surface area (Å²) in [4.78, 5) is 0. The lowest BCUT2D eigenvalue weighted by molar-refractivity contribution is -0.00000740. The molecule has 3 aromatic carbocycles. The second-order valence-electron chi connectivity index (χ2n) is 10.7. The highest BCUT2D eigenvalue weighted by Crippen LogP contribution is 2.56. The topological polar surface area (TPSA) is 12.0 Å². The molecule has 208 valence electrons. The first-order chi connectivity index (χ1) is 17.9. The molecular formula is C34H48I2NP. The Bertz CT molecular complexity index is 865. The molecule has 1 N–H and O–H groups in total. The van der Waals surface area contributed by atoms with E-state index in [0.717, 1.165) is 5.92 Å². The van der Waals surface area contributed by atoms with Crippen LogP contribution in [0, 0.1) is 5.92 Å².